The van der Waals surface area contributed by atoms with Crippen molar-refractivity contribution in [2.24, 2.45) is 0 Å². The minimum Gasteiger partial charge on any atom is -0.457 e. The van der Waals surface area contributed by atoms with Crippen molar-refractivity contribution in [3.63, 3.8) is 0 Å². The summed E-state index contributed by atoms with van der Waals surface area (Å²) < 4.78 is 127. The Morgan fingerprint density at radius 2 is 1.34 bits per heavy atom. The number of aliphatic hydroxyl groups is 1. The number of alkyl halides is 9. The van der Waals surface area contributed by atoms with Crippen LogP contribution in [0, 0.1) is 0 Å². The van der Waals surface area contributed by atoms with Gasteiger partial charge in [-0.1, -0.05) is 36.4 Å². The number of hydrogen-bond acceptors (Lipinski definition) is 4. The van der Waals surface area contributed by atoms with Crippen molar-refractivity contribution >= 4 is 5.69 Å². The zero-order chi connectivity index (χ0) is 28.1. The first kappa shape index (κ1) is 29.0. The third-order valence-corrected chi connectivity index (χ3v) is 5.13. The first-order valence-corrected chi connectivity index (χ1v) is 10.8. The average molecular weight is 553 g/mol. The van der Waals surface area contributed by atoms with Crippen LogP contribution in [-0.2, 0) is 6.54 Å². The molecular formula is C25H20F9NO3. The molecule has 0 fully saturated rings. The van der Waals surface area contributed by atoms with Gasteiger partial charge >= 0.3 is 24.6 Å². The lowest BCUT2D eigenvalue weighted by Crippen LogP contribution is -2.51. The van der Waals surface area contributed by atoms with Gasteiger partial charge in [-0.2, -0.15) is 39.5 Å². The summed E-state index contributed by atoms with van der Waals surface area (Å²) in [5.41, 5.74) is 0.0455. The van der Waals surface area contributed by atoms with E-state index in [2.05, 4.69) is 4.74 Å². The Balaban J connectivity index is 1.92. The zero-order valence-corrected chi connectivity index (χ0v) is 19.2. The van der Waals surface area contributed by atoms with E-state index in [1.165, 1.54) is 30.3 Å². The van der Waals surface area contributed by atoms with Gasteiger partial charge in [0.05, 0.1) is 6.54 Å². The molecule has 38 heavy (non-hydrogen) atoms. The molecule has 0 aliphatic rings. The van der Waals surface area contributed by atoms with Gasteiger partial charge in [-0.3, -0.25) is 0 Å². The SMILES string of the molecule is O[C@H](CN(Cc1cccc(OC(F)(F)C(F)F)c1)c1cccc(Oc2ccccc2)c1)C(F)(F)C(F)(F)F. The van der Waals surface area contributed by atoms with Gasteiger partial charge in [0.2, 0.25) is 0 Å². The molecule has 3 aromatic carbocycles. The van der Waals surface area contributed by atoms with E-state index in [-0.39, 0.29) is 17.0 Å². The van der Waals surface area contributed by atoms with Gasteiger partial charge in [-0.15, -0.1) is 0 Å². The van der Waals surface area contributed by atoms with Gasteiger partial charge in [0.15, 0.2) is 0 Å². The first-order chi connectivity index (χ1) is 17.7. The van der Waals surface area contributed by atoms with Gasteiger partial charge in [-0.05, 0) is 42.0 Å². The Hall–Kier alpha value is -3.61. The molecule has 0 aliphatic heterocycles. The molecule has 3 rings (SSSR count). The van der Waals surface area contributed by atoms with Crippen molar-refractivity contribution in [3.8, 4) is 17.2 Å². The molecule has 0 amide bonds. The van der Waals surface area contributed by atoms with Gasteiger partial charge < -0.3 is 19.5 Å². The van der Waals surface area contributed by atoms with Crippen molar-refractivity contribution in [1.82, 2.24) is 0 Å². The number of rotatable bonds is 11. The zero-order valence-electron chi connectivity index (χ0n) is 19.2. The third kappa shape index (κ3) is 7.24. The Bertz CT molecular complexity index is 1190. The van der Waals surface area contributed by atoms with E-state index in [0.29, 0.717) is 5.75 Å². The van der Waals surface area contributed by atoms with E-state index in [4.69, 9.17) is 4.74 Å². The van der Waals surface area contributed by atoms with E-state index < -0.39 is 49.6 Å². The number of para-hydroxylation sites is 1. The van der Waals surface area contributed by atoms with Gasteiger partial charge in [0.1, 0.15) is 23.4 Å². The minimum absolute atomic E-state index is 0.0180. The van der Waals surface area contributed by atoms with Crippen molar-refractivity contribution < 1.29 is 54.1 Å². The molecule has 4 nitrogen and oxygen atoms in total. The monoisotopic (exact) mass is 553 g/mol. The van der Waals surface area contributed by atoms with Crippen LogP contribution in [0.5, 0.6) is 17.2 Å². The van der Waals surface area contributed by atoms with E-state index in [9.17, 15) is 44.6 Å². The van der Waals surface area contributed by atoms with E-state index in [1.54, 1.807) is 30.3 Å². The summed E-state index contributed by atoms with van der Waals surface area (Å²) in [6.07, 6.45) is -18.2. The molecule has 0 saturated heterocycles. The van der Waals surface area contributed by atoms with Crippen LogP contribution in [0.1, 0.15) is 5.56 Å². The molecule has 1 N–H and O–H groups in total. The Labute approximate surface area is 210 Å². The molecular weight excluding hydrogens is 533 g/mol. The average Bonchev–Trinajstić information content (AvgIpc) is 2.83. The number of ether oxygens (including phenoxy) is 2. The lowest BCUT2D eigenvalue weighted by Gasteiger charge is -2.32. The number of aliphatic hydroxyl groups excluding tert-OH is 1. The summed E-state index contributed by atoms with van der Waals surface area (Å²) in [6.45, 7) is -1.75. The molecule has 0 unspecified atom stereocenters. The quantitative estimate of drug-likeness (QED) is 0.254. The lowest BCUT2D eigenvalue weighted by atomic mass is 10.1. The summed E-state index contributed by atoms with van der Waals surface area (Å²) in [6, 6.07) is 18.1. The van der Waals surface area contributed by atoms with Crippen LogP contribution in [0.2, 0.25) is 0 Å². The molecule has 3 aromatic rings. The Kier molecular flexibility index (Phi) is 8.70. The van der Waals surface area contributed by atoms with Gasteiger partial charge in [-0.25, -0.2) is 0 Å². The number of nitrogens with zero attached hydrogens (tertiary/aromatic N) is 1. The fourth-order valence-corrected chi connectivity index (χ4v) is 3.27. The highest BCUT2D eigenvalue weighted by Crippen LogP contribution is 2.39. The highest BCUT2D eigenvalue weighted by Gasteiger charge is 2.62. The maximum Gasteiger partial charge on any atom is 0.461 e. The minimum atomic E-state index is -6.05. The van der Waals surface area contributed by atoms with Crippen molar-refractivity contribution in [2.75, 3.05) is 11.4 Å². The maximum atomic E-state index is 13.8. The molecule has 0 radical (unpaired) electrons. The predicted molar refractivity (Wildman–Crippen MR) is 119 cm³/mol. The van der Waals surface area contributed by atoms with Crippen LogP contribution in [0.15, 0.2) is 78.9 Å². The molecule has 206 valence electrons. The van der Waals surface area contributed by atoms with Crippen LogP contribution in [0.25, 0.3) is 0 Å². The second-order valence-corrected chi connectivity index (χ2v) is 8.04. The summed E-state index contributed by atoms with van der Waals surface area (Å²) in [4.78, 5) is 0.923. The maximum absolute atomic E-state index is 13.8. The van der Waals surface area contributed by atoms with Gasteiger partial charge in [0, 0.05) is 18.3 Å². The van der Waals surface area contributed by atoms with Crippen LogP contribution in [0.4, 0.5) is 45.2 Å². The number of anilines is 1. The molecule has 1 atom stereocenters. The summed E-state index contributed by atoms with van der Waals surface area (Å²) in [5.74, 6) is -5.61. The summed E-state index contributed by atoms with van der Waals surface area (Å²) >= 11 is 0. The second kappa shape index (κ2) is 11.4. The Morgan fingerprint density at radius 3 is 1.97 bits per heavy atom. The number of halogens is 9. The molecule has 0 heterocycles. The lowest BCUT2D eigenvalue weighted by molar-refractivity contribution is -0.311. The third-order valence-electron chi connectivity index (χ3n) is 5.13. The number of benzene rings is 3. The second-order valence-electron chi connectivity index (χ2n) is 8.04. The predicted octanol–water partition coefficient (Wildman–Crippen LogP) is 7.28. The fraction of sp³-hybridized carbons (Fsp3) is 0.280. The summed E-state index contributed by atoms with van der Waals surface area (Å²) in [7, 11) is 0. The van der Waals surface area contributed by atoms with E-state index in [1.807, 2.05) is 0 Å². The van der Waals surface area contributed by atoms with Gasteiger partial charge in [0.25, 0.3) is 0 Å². The molecule has 13 heteroatoms. The van der Waals surface area contributed by atoms with Crippen LogP contribution in [-0.4, -0.2) is 42.4 Å². The largest absolute Gasteiger partial charge is 0.461 e. The number of hydrogen-bond donors (Lipinski definition) is 1. The fourth-order valence-electron chi connectivity index (χ4n) is 3.27. The van der Waals surface area contributed by atoms with Crippen molar-refractivity contribution in [1.29, 1.82) is 0 Å². The highest BCUT2D eigenvalue weighted by molar-refractivity contribution is 5.52. The van der Waals surface area contributed by atoms with E-state index >= 15 is 0 Å². The molecule has 0 bridgehead atoms. The normalized spacial score (nSPS) is 13.3. The molecule has 0 spiro atoms. The van der Waals surface area contributed by atoms with Crippen LogP contribution >= 0.6 is 0 Å². The molecule has 0 saturated carbocycles. The van der Waals surface area contributed by atoms with Crippen molar-refractivity contribution in [3.05, 3.63) is 84.4 Å². The topological polar surface area (TPSA) is 41.9 Å². The summed E-state index contributed by atoms with van der Waals surface area (Å²) in [5, 5.41) is 9.85. The standard InChI is InChI=1S/C25H20F9NO3/c26-22(27)24(30,31)38-20-11-4-6-16(12-20)14-35(15-21(36)23(28,29)25(32,33)34)17-7-5-10-19(13-17)37-18-8-2-1-3-9-18/h1-13,21-22,36H,14-15H2/t21-/m1/s1. The van der Waals surface area contributed by atoms with Crippen molar-refractivity contribution in [2.45, 2.75) is 37.3 Å². The van der Waals surface area contributed by atoms with Crippen LogP contribution in [0.3, 0.4) is 0 Å². The first-order valence-electron chi connectivity index (χ1n) is 10.8. The molecule has 0 aliphatic carbocycles. The van der Waals surface area contributed by atoms with Crippen LogP contribution < -0.4 is 14.4 Å². The molecule has 0 aromatic heterocycles. The van der Waals surface area contributed by atoms with E-state index in [0.717, 1.165) is 23.1 Å². The highest BCUT2D eigenvalue weighted by atomic mass is 19.4. The smallest absolute Gasteiger partial charge is 0.457 e. The Morgan fingerprint density at radius 1 is 0.737 bits per heavy atom.